The van der Waals surface area contributed by atoms with Crippen molar-refractivity contribution in [3.8, 4) is 11.8 Å². The molecule has 1 unspecified atom stereocenters. The Hall–Kier alpha value is -3.99. The van der Waals surface area contributed by atoms with E-state index >= 15 is 8.78 Å². The van der Waals surface area contributed by atoms with Gasteiger partial charge in [0.05, 0.1) is 18.2 Å². The summed E-state index contributed by atoms with van der Waals surface area (Å²) in [5, 5.41) is 7.08. The molecule has 3 amide bonds. The summed E-state index contributed by atoms with van der Waals surface area (Å²) >= 11 is 0. The van der Waals surface area contributed by atoms with Crippen LogP contribution in [-0.2, 0) is 16.8 Å². The normalized spacial score (nSPS) is 20.1. The first kappa shape index (κ1) is 21.8. The zero-order valence-corrected chi connectivity index (χ0v) is 18.6. The van der Waals surface area contributed by atoms with E-state index < -0.39 is 34.8 Å². The van der Waals surface area contributed by atoms with Crippen LogP contribution in [0.2, 0.25) is 0 Å². The van der Waals surface area contributed by atoms with Crippen molar-refractivity contribution in [1.29, 1.82) is 0 Å². The topological polar surface area (TPSA) is 69.3 Å². The maximum atomic E-state index is 15.1. The minimum Gasteiger partial charge on any atom is -0.317 e. The second-order valence-electron chi connectivity index (χ2n) is 8.65. The number of anilines is 1. The zero-order chi connectivity index (χ0) is 23.9. The van der Waals surface area contributed by atoms with E-state index in [0.717, 1.165) is 42.7 Å². The Morgan fingerprint density at radius 2 is 1.74 bits per heavy atom. The van der Waals surface area contributed by atoms with Crippen molar-refractivity contribution in [2.45, 2.75) is 37.6 Å². The van der Waals surface area contributed by atoms with Crippen LogP contribution in [0.15, 0.2) is 48.7 Å². The number of hydrogen-bond acceptors (Lipinski definition) is 3. The van der Waals surface area contributed by atoms with Gasteiger partial charge in [-0.05, 0) is 43.5 Å². The summed E-state index contributed by atoms with van der Waals surface area (Å²) in [6, 6.07) is 10.3. The number of imide groups is 1. The molecular formula is C26H22F2N4O2. The number of amides is 3. The van der Waals surface area contributed by atoms with Crippen LogP contribution in [0.1, 0.15) is 48.1 Å². The Kier molecular flexibility index (Phi) is 5.40. The smallest absolute Gasteiger partial charge is 0.317 e. The molecule has 1 saturated heterocycles. The summed E-state index contributed by atoms with van der Waals surface area (Å²) in [6.45, 7) is 0. The minimum absolute atomic E-state index is 0.0871. The van der Waals surface area contributed by atoms with Crippen LogP contribution in [0.4, 0.5) is 19.3 Å². The molecule has 5 rings (SSSR count). The zero-order valence-electron chi connectivity index (χ0n) is 18.6. The van der Waals surface area contributed by atoms with Gasteiger partial charge in [0.15, 0.2) is 11.6 Å². The van der Waals surface area contributed by atoms with E-state index in [1.165, 1.54) is 4.90 Å². The minimum atomic E-state index is -1.02. The molecule has 6 nitrogen and oxygen atoms in total. The van der Waals surface area contributed by atoms with Gasteiger partial charge in [-0.25, -0.2) is 18.5 Å². The molecule has 1 aliphatic carbocycles. The standard InChI is InChI=1S/C26H22F2N4O2/c1-31-25(34)32(23(33)15-26(31)12-6-5-9-22-19(26)16-29-30-22)24-20(27)13-18(14-21(24)28)11-10-17-7-3-2-4-8-17/h2-4,7-8,13-14,16H,5-6,9,12,15H2,1H3,(H,29,30). The SMILES string of the molecule is CN1C(=O)N(c2c(F)cc(C#Cc3ccccc3)cc2F)C(=O)CC12CCCCc1[nH]ncc12. The Morgan fingerprint density at radius 3 is 2.47 bits per heavy atom. The molecule has 2 aliphatic rings. The van der Waals surface area contributed by atoms with Gasteiger partial charge in [0.2, 0.25) is 5.91 Å². The number of carbonyl (C=O) groups excluding carboxylic acids is 2. The number of nitrogens with zero attached hydrogens (tertiary/aromatic N) is 3. The van der Waals surface area contributed by atoms with Crippen molar-refractivity contribution in [2.75, 3.05) is 11.9 Å². The van der Waals surface area contributed by atoms with E-state index in [9.17, 15) is 9.59 Å². The molecule has 0 radical (unpaired) electrons. The van der Waals surface area contributed by atoms with E-state index in [0.29, 0.717) is 16.9 Å². The number of aromatic amines is 1. The number of nitrogens with one attached hydrogen (secondary N) is 1. The molecule has 2 aromatic carbocycles. The molecule has 34 heavy (non-hydrogen) atoms. The number of aromatic nitrogens is 2. The summed E-state index contributed by atoms with van der Waals surface area (Å²) in [4.78, 5) is 28.7. The average molecular weight is 460 g/mol. The summed E-state index contributed by atoms with van der Waals surface area (Å²) in [5.41, 5.74) is 0.915. The maximum absolute atomic E-state index is 15.1. The molecule has 0 bridgehead atoms. The van der Waals surface area contributed by atoms with Crippen LogP contribution in [-0.4, -0.2) is 34.1 Å². The lowest BCUT2D eigenvalue weighted by Gasteiger charge is -2.47. The second kappa shape index (κ2) is 8.41. The Morgan fingerprint density at radius 1 is 1.03 bits per heavy atom. The van der Waals surface area contributed by atoms with Crippen molar-refractivity contribution in [3.63, 3.8) is 0 Å². The number of fused-ring (bicyclic) bond motifs is 2. The second-order valence-corrected chi connectivity index (χ2v) is 8.65. The summed E-state index contributed by atoms with van der Waals surface area (Å²) in [7, 11) is 1.57. The first-order valence-electron chi connectivity index (χ1n) is 11.1. The Bertz CT molecular complexity index is 1320. The van der Waals surface area contributed by atoms with Crippen LogP contribution in [0.25, 0.3) is 0 Å². The molecule has 1 aromatic heterocycles. The lowest BCUT2D eigenvalue weighted by molar-refractivity contribution is -0.122. The number of halogens is 2. The van der Waals surface area contributed by atoms with Crippen LogP contribution in [0.3, 0.4) is 0 Å². The third kappa shape index (κ3) is 3.54. The van der Waals surface area contributed by atoms with E-state index in [1.807, 2.05) is 18.2 Å². The van der Waals surface area contributed by atoms with Gasteiger partial charge in [-0.15, -0.1) is 0 Å². The van der Waals surface area contributed by atoms with Crippen LogP contribution >= 0.6 is 0 Å². The van der Waals surface area contributed by atoms with Crippen LogP contribution in [0, 0.1) is 23.5 Å². The third-order valence-corrected chi connectivity index (χ3v) is 6.67. The highest BCUT2D eigenvalue weighted by atomic mass is 19.1. The van der Waals surface area contributed by atoms with E-state index in [2.05, 4.69) is 22.0 Å². The Balaban J connectivity index is 1.50. The lowest BCUT2D eigenvalue weighted by atomic mass is 9.80. The fraction of sp³-hybridized carbons (Fsp3) is 0.269. The van der Waals surface area contributed by atoms with Crippen molar-refractivity contribution in [3.05, 3.63) is 82.7 Å². The largest absolute Gasteiger partial charge is 0.332 e. The summed E-state index contributed by atoms with van der Waals surface area (Å²) in [5.74, 6) is 2.87. The molecule has 1 aliphatic heterocycles. The number of hydrogen-bond donors (Lipinski definition) is 1. The van der Waals surface area contributed by atoms with Crippen molar-refractivity contribution in [1.82, 2.24) is 15.1 Å². The molecular weight excluding hydrogens is 438 g/mol. The van der Waals surface area contributed by atoms with E-state index in [1.54, 1.807) is 25.4 Å². The summed E-state index contributed by atoms with van der Waals surface area (Å²) in [6.07, 6.45) is 4.60. The van der Waals surface area contributed by atoms with Gasteiger partial charge in [0.1, 0.15) is 5.69 Å². The van der Waals surface area contributed by atoms with Gasteiger partial charge in [0.25, 0.3) is 0 Å². The molecule has 1 atom stereocenters. The predicted molar refractivity (Wildman–Crippen MR) is 122 cm³/mol. The Labute approximate surface area is 195 Å². The van der Waals surface area contributed by atoms with Gasteiger partial charge in [-0.3, -0.25) is 9.89 Å². The molecule has 1 spiro atoms. The number of rotatable bonds is 1. The van der Waals surface area contributed by atoms with Gasteiger partial charge in [0, 0.05) is 29.4 Å². The van der Waals surface area contributed by atoms with Gasteiger partial charge in [-0.2, -0.15) is 5.10 Å². The maximum Gasteiger partial charge on any atom is 0.332 e. The molecule has 3 aromatic rings. The number of urea groups is 1. The molecule has 2 heterocycles. The number of H-pyrrole nitrogens is 1. The van der Waals surface area contributed by atoms with Crippen LogP contribution in [0.5, 0.6) is 0 Å². The lowest BCUT2D eigenvalue weighted by Crippen LogP contribution is -2.61. The number of carbonyl (C=O) groups is 2. The fourth-order valence-electron chi connectivity index (χ4n) is 4.92. The molecule has 8 heteroatoms. The van der Waals surface area contributed by atoms with Crippen molar-refractivity contribution in [2.24, 2.45) is 0 Å². The summed E-state index contributed by atoms with van der Waals surface area (Å²) < 4.78 is 30.2. The molecule has 172 valence electrons. The number of aryl methyl sites for hydroxylation is 1. The van der Waals surface area contributed by atoms with E-state index in [4.69, 9.17) is 0 Å². The molecule has 0 saturated carbocycles. The van der Waals surface area contributed by atoms with Crippen molar-refractivity contribution < 1.29 is 18.4 Å². The fourth-order valence-corrected chi connectivity index (χ4v) is 4.92. The highest BCUT2D eigenvalue weighted by molar-refractivity contribution is 6.16. The van der Waals surface area contributed by atoms with Gasteiger partial charge in [-0.1, -0.05) is 36.5 Å². The highest BCUT2D eigenvalue weighted by Gasteiger charge is 2.51. The first-order valence-corrected chi connectivity index (χ1v) is 11.1. The predicted octanol–water partition coefficient (Wildman–Crippen LogP) is 4.50. The average Bonchev–Trinajstić information content (AvgIpc) is 3.23. The monoisotopic (exact) mass is 460 g/mol. The van der Waals surface area contributed by atoms with E-state index in [-0.39, 0.29) is 12.0 Å². The van der Waals surface area contributed by atoms with Crippen LogP contribution < -0.4 is 4.90 Å². The molecule has 1 fully saturated rings. The third-order valence-electron chi connectivity index (χ3n) is 6.67. The van der Waals surface area contributed by atoms with Crippen molar-refractivity contribution >= 4 is 17.6 Å². The van der Waals surface area contributed by atoms with Gasteiger partial charge >= 0.3 is 6.03 Å². The quantitative estimate of drug-likeness (QED) is 0.544. The highest BCUT2D eigenvalue weighted by Crippen LogP contribution is 2.45. The first-order chi connectivity index (χ1) is 16.4. The molecule has 1 N–H and O–H groups in total. The number of benzene rings is 2. The van der Waals surface area contributed by atoms with Gasteiger partial charge < -0.3 is 4.90 Å².